The van der Waals surface area contributed by atoms with Crippen LogP contribution in [0.1, 0.15) is 12.0 Å². The largest absolute Gasteiger partial charge is 0.379 e. The van der Waals surface area contributed by atoms with Gasteiger partial charge in [-0.3, -0.25) is 14.5 Å². The first-order chi connectivity index (χ1) is 14.7. The molecular formula is C21H28N4O5. The summed E-state index contributed by atoms with van der Waals surface area (Å²) in [4.78, 5) is 28.9. The minimum atomic E-state index is -0.327. The van der Waals surface area contributed by atoms with E-state index >= 15 is 0 Å². The standard InChI is InChI=1S/C21H28N4O5/c26-20(22-19-7-12-30-23-19)15-25(9-4-8-24-10-13-28-14-11-24)21(27)17-29-16-18-5-2-1-3-6-18/h1-3,5-7,12H,4,8-11,13-17H2,(H,22,23,26). The van der Waals surface area contributed by atoms with Crippen LogP contribution in [0.25, 0.3) is 0 Å². The quantitative estimate of drug-likeness (QED) is 0.591. The Kier molecular flexibility index (Phi) is 8.82. The monoisotopic (exact) mass is 416 g/mol. The fourth-order valence-corrected chi connectivity index (χ4v) is 3.16. The van der Waals surface area contributed by atoms with Crippen molar-refractivity contribution in [3.8, 4) is 0 Å². The van der Waals surface area contributed by atoms with Crippen LogP contribution in [0.4, 0.5) is 5.82 Å². The highest BCUT2D eigenvalue weighted by atomic mass is 16.5. The smallest absolute Gasteiger partial charge is 0.249 e. The van der Waals surface area contributed by atoms with Crippen LogP contribution >= 0.6 is 0 Å². The number of ether oxygens (including phenoxy) is 2. The van der Waals surface area contributed by atoms with E-state index in [2.05, 4.69) is 15.4 Å². The van der Waals surface area contributed by atoms with Crippen LogP contribution < -0.4 is 5.32 Å². The predicted molar refractivity (Wildman–Crippen MR) is 110 cm³/mol. The van der Waals surface area contributed by atoms with E-state index in [-0.39, 0.29) is 25.0 Å². The van der Waals surface area contributed by atoms with Crippen molar-refractivity contribution in [3.63, 3.8) is 0 Å². The summed E-state index contributed by atoms with van der Waals surface area (Å²) in [7, 11) is 0. The van der Waals surface area contributed by atoms with E-state index in [0.29, 0.717) is 19.0 Å². The highest BCUT2D eigenvalue weighted by Crippen LogP contribution is 2.05. The number of hydrogen-bond donors (Lipinski definition) is 1. The third-order valence-electron chi connectivity index (χ3n) is 4.74. The Morgan fingerprint density at radius 2 is 1.97 bits per heavy atom. The van der Waals surface area contributed by atoms with Crippen LogP contribution in [0.15, 0.2) is 47.2 Å². The fourth-order valence-electron chi connectivity index (χ4n) is 3.16. The number of carbonyl (C=O) groups is 2. The Labute approximate surface area is 175 Å². The Morgan fingerprint density at radius 3 is 2.70 bits per heavy atom. The van der Waals surface area contributed by atoms with Gasteiger partial charge in [-0.2, -0.15) is 0 Å². The molecule has 1 aliphatic heterocycles. The minimum absolute atomic E-state index is 0.0660. The SMILES string of the molecule is O=C(CN(CCCN1CCOCC1)C(=O)COCc1ccccc1)Nc1ccon1. The Morgan fingerprint density at radius 1 is 1.17 bits per heavy atom. The highest BCUT2D eigenvalue weighted by molar-refractivity contribution is 5.93. The lowest BCUT2D eigenvalue weighted by Gasteiger charge is -2.28. The maximum atomic E-state index is 12.7. The Balaban J connectivity index is 1.48. The molecule has 0 unspecified atom stereocenters. The van der Waals surface area contributed by atoms with Gasteiger partial charge in [-0.25, -0.2) is 0 Å². The summed E-state index contributed by atoms with van der Waals surface area (Å²) in [6, 6.07) is 11.2. The number of anilines is 1. The molecule has 162 valence electrons. The number of carbonyl (C=O) groups excluding carboxylic acids is 2. The van der Waals surface area contributed by atoms with Crippen molar-refractivity contribution in [1.82, 2.24) is 15.0 Å². The molecule has 9 nitrogen and oxygen atoms in total. The van der Waals surface area contributed by atoms with Crippen molar-refractivity contribution in [2.75, 3.05) is 57.9 Å². The lowest BCUT2D eigenvalue weighted by molar-refractivity contribution is -0.139. The number of nitrogens with zero attached hydrogens (tertiary/aromatic N) is 3. The Hall–Kier alpha value is -2.75. The molecule has 0 aliphatic carbocycles. The first kappa shape index (κ1) is 21.9. The van der Waals surface area contributed by atoms with Gasteiger partial charge in [0.2, 0.25) is 11.8 Å². The van der Waals surface area contributed by atoms with Crippen molar-refractivity contribution < 1.29 is 23.6 Å². The second-order valence-electron chi connectivity index (χ2n) is 7.03. The van der Waals surface area contributed by atoms with E-state index in [4.69, 9.17) is 14.0 Å². The van der Waals surface area contributed by atoms with Gasteiger partial charge < -0.3 is 24.2 Å². The van der Waals surface area contributed by atoms with E-state index in [1.165, 1.54) is 11.2 Å². The molecular weight excluding hydrogens is 388 g/mol. The number of nitrogens with one attached hydrogen (secondary N) is 1. The third-order valence-corrected chi connectivity index (χ3v) is 4.74. The second-order valence-corrected chi connectivity index (χ2v) is 7.03. The molecule has 1 aromatic heterocycles. The maximum Gasteiger partial charge on any atom is 0.249 e. The van der Waals surface area contributed by atoms with Gasteiger partial charge in [0.15, 0.2) is 5.82 Å². The molecule has 1 saturated heterocycles. The van der Waals surface area contributed by atoms with Crippen LogP contribution in [0.2, 0.25) is 0 Å². The molecule has 2 aromatic rings. The van der Waals surface area contributed by atoms with Crippen molar-refractivity contribution in [2.45, 2.75) is 13.0 Å². The van der Waals surface area contributed by atoms with Gasteiger partial charge >= 0.3 is 0 Å². The number of amides is 2. The van der Waals surface area contributed by atoms with Gasteiger partial charge in [0.1, 0.15) is 12.9 Å². The number of hydrogen-bond acceptors (Lipinski definition) is 7. The average molecular weight is 416 g/mol. The topological polar surface area (TPSA) is 97.1 Å². The third kappa shape index (κ3) is 7.58. The van der Waals surface area contributed by atoms with E-state index in [0.717, 1.165) is 44.8 Å². The molecule has 1 aliphatic rings. The first-order valence-corrected chi connectivity index (χ1v) is 10.1. The molecule has 1 N–H and O–H groups in total. The van der Waals surface area contributed by atoms with E-state index < -0.39 is 0 Å². The molecule has 30 heavy (non-hydrogen) atoms. The molecule has 2 heterocycles. The summed E-state index contributed by atoms with van der Waals surface area (Å²) in [6.07, 6.45) is 2.14. The zero-order chi connectivity index (χ0) is 21.0. The summed E-state index contributed by atoms with van der Waals surface area (Å²) in [5, 5.41) is 6.28. The molecule has 1 aromatic carbocycles. The average Bonchev–Trinajstić information content (AvgIpc) is 3.27. The number of rotatable bonds is 11. The normalized spacial score (nSPS) is 14.4. The second kappa shape index (κ2) is 12.1. The van der Waals surface area contributed by atoms with Crippen LogP contribution in [-0.4, -0.2) is 79.3 Å². The van der Waals surface area contributed by atoms with Crippen molar-refractivity contribution >= 4 is 17.6 Å². The molecule has 0 radical (unpaired) electrons. The van der Waals surface area contributed by atoms with E-state index in [1.54, 1.807) is 6.07 Å². The summed E-state index contributed by atoms with van der Waals surface area (Å²) in [6.45, 7) is 4.76. The first-order valence-electron chi connectivity index (χ1n) is 10.1. The molecule has 1 fully saturated rings. The molecule has 0 atom stereocenters. The zero-order valence-corrected chi connectivity index (χ0v) is 17.0. The van der Waals surface area contributed by atoms with Crippen LogP contribution in [-0.2, 0) is 25.7 Å². The van der Waals surface area contributed by atoms with E-state index in [9.17, 15) is 9.59 Å². The number of benzene rings is 1. The van der Waals surface area contributed by atoms with E-state index in [1.807, 2.05) is 30.3 Å². The van der Waals surface area contributed by atoms with Gasteiger partial charge in [-0.15, -0.1) is 0 Å². The highest BCUT2D eigenvalue weighted by Gasteiger charge is 2.19. The lowest BCUT2D eigenvalue weighted by atomic mass is 10.2. The van der Waals surface area contributed by atoms with Gasteiger partial charge in [-0.1, -0.05) is 35.5 Å². The summed E-state index contributed by atoms with van der Waals surface area (Å²) >= 11 is 0. The molecule has 9 heteroatoms. The minimum Gasteiger partial charge on any atom is -0.379 e. The van der Waals surface area contributed by atoms with Gasteiger partial charge in [0.05, 0.1) is 26.4 Å². The molecule has 2 amide bonds. The zero-order valence-electron chi connectivity index (χ0n) is 17.0. The lowest BCUT2D eigenvalue weighted by Crippen LogP contribution is -2.42. The summed E-state index contributed by atoms with van der Waals surface area (Å²) < 4.78 is 15.6. The summed E-state index contributed by atoms with van der Waals surface area (Å²) in [5.74, 6) is -0.226. The van der Waals surface area contributed by atoms with Crippen molar-refractivity contribution in [3.05, 3.63) is 48.2 Å². The summed E-state index contributed by atoms with van der Waals surface area (Å²) in [5.41, 5.74) is 0.993. The van der Waals surface area contributed by atoms with Crippen LogP contribution in [0.3, 0.4) is 0 Å². The van der Waals surface area contributed by atoms with Crippen LogP contribution in [0.5, 0.6) is 0 Å². The number of aromatic nitrogens is 1. The Bertz CT molecular complexity index is 763. The fraction of sp³-hybridized carbons (Fsp3) is 0.476. The van der Waals surface area contributed by atoms with Crippen LogP contribution in [0, 0.1) is 0 Å². The molecule has 3 rings (SSSR count). The maximum absolute atomic E-state index is 12.7. The molecule has 0 spiro atoms. The van der Waals surface area contributed by atoms with Crippen molar-refractivity contribution in [1.29, 1.82) is 0 Å². The van der Waals surface area contributed by atoms with Crippen molar-refractivity contribution in [2.24, 2.45) is 0 Å². The number of morpholine rings is 1. The van der Waals surface area contributed by atoms with Gasteiger partial charge in [-0.05, 0) is 12.0 Å². The van der Waals surface area contributed by atoms with Gasteiger partial charge in [0, 0.05) is 32.2 Å². The molecule has 0 saturated carbocycles. The molecule has 0 bridgehead atoms. The predicted octanol–water partition coefficient (Wildman–Crippen LogP) is 1.38. The van der Waals surface area contributed by atoms with Gasteiger partial charge in [0.25, 0.3) is 0 Å².